The summed E-state index contributed by atoms with van der Waals surface area (Å²) in [4.78, 5) is 22.2. The van der Waals surface area contributed by atoms with E-state index in [1.54, 1.807) is 24.3 Å². The summed E-state index contributed by atoms with van der Waals surface area (Å²) in [5.74, 6) is -0.729. The zero-order chi connectivity index (χ0) is 19.1. The Kier molecular flexibility index (Phi) is 6.74. The first kappa shape index (κ1) is 19.5. The van der Waals surface area contributed by atoms with Gasteiger partial charge in [0.15, 0.2) is 11.5 Å². The van der Waals surface area contributed by atoms with Crippen LogP contribution in [0.15, 0.2) is 46.0 Å². The lowest BCUT2D eigenvalue weighted by atomic mass is 10.2. The van der Waals surface area contributed by atoms with Crippen LogP contribution in [-0.2, 0) is 4.79 Å². The molecule has 2 rings (SSSR count). The molecule has 7 nitrogen and oxygen atoms in total. The third kappa shape index (κ3) is 5.32. The number of nitrogens with zero attached hydrogens (tertiary/aromatic N) is 1. The van der Waals surface area contributed by atoms with Crippen LogP contribution in [0, 0.1) is 0 Å². The van der Waals surface area contributed by atoms with Gasteiger partial charge in [-0.2, -0.15) is 5.10 Å². The van der Waals surface area contributed by atoms with Gasteiger partial charge in [0, 0.05) is 17.0 Å². The maximum atomic E-state index is 11.2. The predicted molar refractivity (Wildman–Crippen MR) is 101 cm³/mol. The second-order valence-electron chi connectivity index (χ2n) is 5.10. The third-order valence-electron chi connectivity index (χ3n) is 3.12. The number of hydrazone groups is 1. The zero-order valence-corrected chi connectivity index (χ0v) is 15.7. The van der Waals surface area contributed by atoms with E-state index >= 15 is 0 Å². The van der Waals surface area contributed by atoms with Gasteiger partial charge in [-0.25, -0.2) is 4.79 Å². The lowest BCUT2D eigenvalue weighted by molar-refractivity contribution is -0.132. The Hall–Kier alpha value is -2.87. The Morgan fingerprint density at radius 1 is 1.27 bits per heavy atom. The highest BCUT2D eigenvalue weighted by atomic mass is 79.9. The molecule has 136 valence electrons. The van der Waals surface area contributed by atoms with Crippen LogP contribution in [0.25, 0.3) is 0 Å². The first-order chi connectivity index (χ1) is 12.4. The minimum atomic E-state index is -1.01. The highest BCUT2D eigenvalue weighted by Gasteiger charge is 2.12. The molecule has 0 aliphatic heterocycles. The topological polar surface area (TPSA) is 97.2 Å². The number of hydrogen-bond acceptors (Lipinski definition) is 6. The van der Waals surface area contributed by atoms with Crippen molar-refractivity contribution in [2.45, 2.75) is 13.8 Å². The van der Waals surface area contributed by atoms with Gasteiger partial charge < -0.3 is 14.6 Å². The third-order valence-corrected chi connectivity index (χ3v) is 3.81. The predicted octanol–water partition coefficient (Wildman–Crippen LogP) is 3.92. The molecule has 0 saturated carbocycles. The van der Waals surface area contributed by atoms with E-state index in [0.717, 1.165) is 0 Å². The molecule has 0 aromatic heterocycles. The highest BCUT2D eigenvalue weighted by Crippen LogP contribution is 2.33. The maximum absolute atomic E-state index is 11.2. The number of carboxylic acid groups (broad SMARTS) is 1. The summed E-state index contributed by atoms with van der Waals surface area (Å²) in [6, 6.07) is 9.61. The van der Waals surface area contributed by atoms with Gasteiger partial charge in [-0.3, -0.25) is 10.2 Å². The lowest BCUT2D eigenvalue weighted by Gasteiger charge is -2.11. The fraction of sp³-hybridized carbons (Fsp3) is 0.167. The number of carboxylic acids is 1. The van der Waals surface area contributed by atoms with Gasteiger partial charge in [-0.1, -0.05) is 6.07 Å². The van der Waals surface area contributed by atoms with Gasteiger partial charge in [0.25, 0.3) is 0 Å². The number of carbonyl (C=O) groups is 2. The SMILES string of the molecule is CCOc1cc(C=NNc2cccc(C(=O)O)c2)c(Br)cc1OC(C)=O. The van der Waals surface area contributed by atoms with E-state index < -0.39 is 11.9 Å². The molecule has 0 aliphatic carbocycles. The summed E-state index contributed by atoms with van der Waals surface area (Å²) in [5, 5.41) is 13.1. The molecule has 2 aromatic carbocycles. The van der Waals surface area contributed by atoms with Crippen molar-refractivity contribution in [1.82, 2.24) is 0 Å². The van der Waals surface area contributed by atoms with Gasteiger partial charge in [0.2, 0.25) is 0 Å². The molecule has 0 fully saturated rings. The Morgan fingerprint density at radius 3 is 2.69 bits per heavy atom. The van der Waals surface area contributed by atoms with E-state index in [9.17, 15) is 9.59 Å². The molecule has 0 amide bonds. The minimum Gasteiger partial charge on any atom is -0.490 e. The van der Waals surface area contributed by atoms with Crippen molar-refractivity contribution < 1.29 is 24.2 Å². The number of halogens is 1. The van der Waals surface area contributed by atoms with Crippen LogP contribution < -0.4 is 14.9 Å². The standard InChI is InChI=1S/C18H17BrN2O5/c1-3-25-16-8-13(15(19)9-17(16)26-11(2)22)10-20-21-14-6-4-5-12(7-14)18(23)24/h4-10,21H,3H2,1-2H3,(H,23,24). The first-order valence-electron chi connectivity index (χ1n) is 7.68. The number of aromatic carboxylic acids is 1. The van der Waals surface area contributed by atoms with Crippen LogP contribution in [0.2, 0.25) is 0 Å². The second-order valence-corrected chi connectivity index (χ2v) is 5.96. The summed E-state index contributed by atoms with van der Waals surface area (Å²) in [6.45, 7) is 3.55. The van der Waals surface area contributed by atoms with Crippen molar-refractivity contribution in [3.8, 4) is 11.5 Å². The number of benzene rings is 2. The van der Waals surface area contributed by atoms with Crippen LogP contribution in [0.4, 0.5) is 5.69 Å². The number of hydrogen-bond donors (Lipinski definition) is 2. The Labute approximate surface area is 158 Å². The molecular formula is C18H17BrN2O5. The molecule has 26 heavy (non-hydrogen) atoms. The maximum Gasteiger partial charge on any atom is 0.335 e. The van der Waals surface area contributed by atoms with Crippen molar-refractivity contribution in [3.05, 3.63) is 52.0 Å². The number of rotatable bonds is 7. The van der Waals surface area contributed by atoms with E-state index in [1.165, 1.54) is 25.3 Å². The molecule has 2 N–H and O–H groups in total. The molecule has 0 radical (unpaired) electrons. The lowest BCUT2D eigenvalue weighted by Crippen LogP contribution is -2.05. The van der Waals surface area contributed by atoms with Crippen molar-refractivity contribution in [3.63, 3.8) is 0 Å². The van der Waals surface area contributed by atoms with E-state index in [2.05, 4.69) is 26.5 Å². The number of esters is 1. The first-order valence-corrected chi connectivity index (χ1v) is 8.47. The van der Waals surface area contributed by atoms with Crippen molar-refractivity contribution >= 4 is 39.8 Å². The Balaban J connectivity index is 2.21. The quantitative estimate of drug-likeness (QED) is 0.305. The monoisotopic (exact) mass is 420 g/mol. The van der Waals surface area contributed by atoms with Crippen molar-refractivity contribution in [2.24, 2.45) is 5.10 Å². The number of nitrogens with one attached hydrogen (secondary N) is 1. The summed E-state index contributed by atoms with van der Waals surface area (Å²) >= 11 is 3.40. The van der Waals surface area contributed by atoms with Gasteiger partial charge >= 0.3 is 11.9 Å². The average molecular weight is 421 g/mol. The average Bonchev–Trinajstić information content (AvgIpc) is 2.58. The van der Waals surface area contributed by atoms with E-state index in [0.29, 0.717) is 33.8 Å². The second kappa shape index (κ2) is 9.00. The zero-order valence-electron chi connectivity index (χ0n) is 14.2. The molecular weight excluding hydrogens is 404 g/mol. The minimum absolute atomic E-state index is 0.163. The van der Waals surface area contributed by atoms with Gasteiger partial charge in [0.05, 0.1) is 24.1 Å². The van der Waals surface area contributed by atoms with Crippen LogP contribution in [-0.4, -0.2) is 29.9 Å². The molecule has 0 unspecified atom stereocenters. The van der Waals surface area contributed by atoms with E-state index in [4.69, 9.17) is 14.6 Å². The largest absolute Gasteiger partial charge is 0.490 e. The Bertz CT molecular complexity index is 851. The van der Waals surface area contributed by atoms with E-state index in [-0.39, 0.29) is 5.56 Å². The summed E-state index contributed by atoms with van der Waals surface area (Å²) in [6.07, 6.45) is 1.54. The summed E-state index contributed by atoms with van der Waals surface area (Å²) < 4.78 is 11.3. The molecule has 0 bridgehead atoms. The molecule has 2 aromatic rings. The fourth-order valence-corrected chi connectivity index (χ4v) is 2.48. The molecule has 8 heteroatoms. The molecule has 0 saturated heterocycles. The van der Waals surface area contributed by atoms with Crippen LogP contribution in [0.5, 0.6) is 11.5 Å². The molecule has 0 atom stereocenters. The fourth-order valence-electron chi connectivity index (χ4n) is 2.05. The van der Waals surface area contributed by atoms with Gasteiger partial charge in [0.1, 0.15) is 0 Å². The molecule has 0 aliphatic rings. The van der Waals surface area contributed by atoms with Crippen molar-refractivity contribution in [1.29, 1.82) is 0 Å². The van der Waals surface area contributed by atoms with E-state index in [1.807, 2.05) is 6.92 Å². The summed E-state index contributed by atoms with van der Waals surface area (Å²) in [7, 11) is 0. The number of ether oxygens (including phenoxy) is 2. The van der Waals surface area contributed by atoms with Gasteiger partial charge in [-0.15, -0.1) is 0 Å². The van der Waals surface area contributed by atoms with Crippen molar-refractivity contribution in [2.75, 3.05) is 12.0 Å². The normalized spacial score (nSPS) is 10.6. The van der Waals surface area contributed by atoms with Crippen LogP contribution >= 0.6 is 15.9 Å². The molecule has 0 spiro atoms. The highest BCUT2D eigenvalue weighted by molar-refractivity contribution is 9.10. The summed E-state index contributed by atoms with van der Waals surface area (Å²) in [5.41, 5.74) is 4.16. The van der Waals surface area contributed by atoms with Crippen LogP contribution in [0.1, 0.15) is 29.8 Å². The smallest absolute Gasteiger partial charge is 0.335 e. The van der Waals surface area contributed by atoms with Gasteiger partial charge in [-0.05, 0) is 53.2 Å². The molecule has 0 heterocycles. The number of anilines is 1. The number of carbonyl (C=O) groups excluding carboxylic acids is 1. The Morgan fingerprint density at radius 2 is 2.04 bits per heavy atom. The van der Waals surface area contributed by atoms with Crippen LogP contribution in [0.3, 0.4) is 0 Å².